The largest absolute Gasteiger partial charge is 0.493 e. The molecule has 170 valence electrons. The van der Waals surface area contributed by atoms with Gasteiger partial charge in [0, 0.05) is 24.6 Å². The fourth-order valence-electron chi connectivity index (χ4n) is 3.28. The lowest BCUT2D eigenvalue weighted by atomic mass is 10.1. The smallest absolute Gasteiger partial charge is 0.255 e. The van der Waals surface area contributed by atoms with Crippen molar-refractivity contribution in [1.29, 1.82) is 0 Å². The van der Waals surface area contributed by atoms with Gasteiger partial charge in [-0.3, -0.25) is 4.79 Å². The van der Waals surface area contributed by atoms with Crippen LogP contribution in [0.3, 0.4) is 0 Å². The van der Waals surface area contributed by atoms with Gasteiger partial charge in [0.1, 0.15) is 0 Å². The average Bonchev–Trinajstić information content (AvgIpc) is 3.27. The normalized spacial score (nSPS) is 10.8. The van der Waals surface area contributed by atoms with Crippen molar-refractivity contribution < 1.29 is 23.5 Å². The molecule has 0 radical (unpaired) electrons. The van der Waals surface area contributed by atoms with Crippen molar-refractivity contribution in [2.24, 2.45) is 0 Å². The summed E-state index contributed by atoms with van der Waals surface area (Å²) in [5.41, 5.74) is 1.12. The van der Waals surface area contributed by atoms with E-state index in [1.807, 2.05) is 13.8 Å². The molecule has 1 heterocycles. The molecule has 0 fully saturated rings. The Morgan fingerprint density at radius 3 is 2.31 bits per heavy atom. The Hall–Kier alpha value is -3.26. The highest BCUT2D eigenvalue weighted by molar-refractivity contribution is 6.33. The Morgan fingerprint density at radius 2 is 1.75 bits per heavy atom. The molecule has 0 N–H and O–H groups in total. The molecule has 1 amide bonds. The van der Waals surface area contributed by atoms with Crippen LogP contribution in [0.15, 0.2) is 40.9 Å². The van der Waals surface area contributed by atoms with Crippen molar-refractivity contribution in [2.45, 2.75) is 26.3 Å². The number of methoxy groups -OCH3 is 3. The highest BCUT2D eigenvalue weighted by atomic mass is 35.5. The van der Waals surface area contributed by atoms with Gasteiger partial charge in [0.2, 0.25) is 17.5 Å². The molecule has 1 aromatic heterocycles. The molecule has 2 aromatic carbocycles. The predicted octanol–water partition coefficient (Wildman–Crippen LogP) is 4.51. The Morgan fingerprint density at radius 1 is 1.09 bits per heavy atom. The van der Waals surface area contributed by atoms with E-state index in [4.69, 9.17) is 30.3 Å². The third kappa shape index (κ3) is 4.96. The second-order valence-electron chi connectivity index (χ2n) is 7.25. The minimum absolute atomic E-state index is 0.0312. The molecule has 0 aliphatic rings. The SMILES string of the molecule is COc1cc(-c2noc(CCN(C(=O)c3ccccc3Cl)C(C)C)n2)cc(OC)c1OC. The molecule has 0 bridgehead atoms. The van der Waals surface area contributed by atoms with E-state index in [2.05, 4.69) is 10.1 Å². The Labute approximate surface area is 192 Å². The Balaban J connectivity index is 1.79. The molecular formula is C23H26ClN3O5. The molecule has 3 aromatic rings. The summed E-state index contributed by atoms with van der Waals surface area (Å²) in [5.74, 6) is 2.11. The molecule has 32 heavy (non-hydrogen) atoms. The van der Waals surface area contributed by atoms with E-state index >= 15 is 0 Å². The summed E-state index contributed by atoms with van der Waals surface area (Å²) in [4.78, 5) is 19.2. The second-order valence-corrected chi connectivity index (χ2v) is 7.66. The van der Waals surface area contributed by atoms with E-state index in [9.17, 15) is 4.79 Å². The first-order valence-electron chi connectivity index (χ1n) is 10.1. The molecule has 0 aliphatic carbocycles. The molecule has 0 unspecified atom stereocenters. The molecule has 0 atom stereocenters. The van der Waals surface area contributed by atoms with Crippen LogP contribution in [0.5, 0.6) is 17.2 Å². The van der Waals surface area contributed by atoms with E-state index < -0.39 is 0 Å². The first kappa shape index (κ1) is 23.4. The van der Waals surface area contributed by atoms with Crippen molar-refractivity contribution >= 4 is 17.5 Å². The number of rotatable bonds is 9. The summed E-state index contributed by atoms with van der Waals surface area (Å²) in [6.45, 7) is 4.30. The van der Waals surface area contributed by atoms with Crippen LogP contribution in [0, 0.1) is 0 Å². The summed E-state index contributed by atoms with van der Waals surface area (Å²) in [5, 5.41) is 4.49. The minimum Gasteiger partial charge on any atom is -0.493 e. The topological polar surface area (TPSA) is 86.9 Å². The van der Waals surface area contributed by atoms with Crippen LogP contribution in [0.25, 0.3) is 11.4 Å². The summed E-state index contributed by atoms with van der Waals surface area (Å²) < 4.78 is 21.5. The molecule has 3 rings (SSSR count). The van der Waals surface area contributed by atoms with E-state index in [1.54, 1.807) is 55.5 Å². The lowest BCUT2D eigenvalue weighted by Crippen LogP contribution is -2.38. The summed E-state index contributed by atoms with van der Waals surface area (Å²) in [6, 6.07) is 10.5. The third-order valence-corrected chi connectivity index (χ3v) is 5.28. The maximum atomic E-state index is 13.0. The number of nitrogens with zero attached hydrogens (tertiary/aromatic N) is 3. The van der Waals surface area contributed by atoms with Crippen LogP contribution in [0.2, 0.25) is 5.02 Å². The summed E-state index contributed by atoms with van der Waals surface area (Å²) in [6.07, 6.45) is 0.395. The molecular weight excluding hydrogens is 434 g/mol. The fraction of sp³-hybridized carbons (Fsp3) is 0.348. The zero-order valence-corrected chi connectivity index (χ0v) is 19.5. The maximum Gasteiger partial charge on any atom is 0.255 e. The van der Waals surface area contributed by atoms with Gasteiger partial charge < -0.3 is 23.6 Å². The highest BCUT2D eigenvalue weighted by Crippen LogP contribution is 2.40. The first-order chi connectivity index (χ1) is 15.4. The Kier molecular flexibility index (Phi) is 7.58. The molecule has 0 saturated heterocycles. The van der Waals surface area contributed by atoms with Crippen LogP contribution in [0.1, 0.15) is 30.1 Å². The highest BCUT2D eigenvalue weighted by Gasteiger charge is 2.22. The van der Waals surface area contributed by atoms with E-state index in [0.29, 0.717) is 58.1 Å². The van der Waals surface area contributed by atoms with Crippen LogP contribution < -0.4 is 14.2 Å². The molecule has 0 aliphatic heterocycles. The van der Waals surface area contributed by atoms with Gasteiger partial charge in [-0.25, -0.2) is 0 Å². The number of halogens is 1. The molecule has 8 nitrogen and oxygen atoms in total. The van der Waals surface area contributed by atoms with Gasteiger partial charge >= 0.3 is 0 Å². The number of ether oxygens (including phenoxy) is 3. The van der Waals surface area contributed by atoms with Gasteiger partial charge in [-0.15, -0.1) is 0 Å². The van der Waals surface area contributed by atoms with Crippen LogP contribution in [-0.4, -0.2) is 54.9 Å². The van der Waals surface area contributed by atoms with E-state index in [1.165, 1.54) is 7.11 Å². The van der Waals surface area contributed by atoms with E-state index in [0.717, 1.165) is 0 Å². The minimum atomic E-state index is -0.144. The second kappa shape index (κ2) is 10.4. The zero-order chi connectivity index (χ0) is 23.3. The zero-order valence-electron chi connectivity index (χ0n) is 18.7. The van der Waals surface area contributed by atoms with Crippen molar-refractivity contribution in [2.75, 3.05) is 27.9 Å². The quantitative estimate of drug-likeness (QED) is 0.465. The van der Waals surface area contributed by atoms with Gasteiger partial charge in [0.25, 0.3) is 5.91 Å². The molecule has 0 saturated carbocycles. The lowest BCUT2D eigenvalue weighted by molar-refractivity contribution is 0.0704. The van der Waals surface area contributed by atoms with Crippen LogP contribution in [-0.2, 0) is 6.42 Å². The number of aromatic nitrogens is 2. The summed E-state index contributed by atoms with van der Waals surface area (Å²) in [7, 11) is 4.62. The van der Waals surface area contributed by atoms with Gasteiger partial charge in [0.05, 0.1) is 31.9 Å². The monoisotopic (exact) mass is 459 g/mol. The summed E-state index contributed by atoms with van der Waals surface area (Å²) >= 11 is 6.21. The van der Waals surface area contributed by atoms with Crippen LogP contribution in [0.4, 0.5) is 0 Å². The first-order valence-corrected chi connectivity index (χ1v) is 10.5. The van der Waals surface area contributed by atoms with Gasteiger partial charge in [-0.1, -0.05) is 28.9 Å². The third-order valence-electron chi connectivity index (χ3n) is 4.95. The van der Waals surface area contributed by atoms with Crippen molar-refractivity contribution in [3.63, 3.8) is 0 Å². The van der Waals surface area contributed by atoms with E-state index in [-0.39, 0.29) is 11.9 Å². The number of carbonyl (C=O) groups is 1. The average molecular weight is 460 g/mol. The van der Waals surface area contributed by atoms with Crippen molar-refractivity contribution in [3.8, 4) is 28.6 Å². The predicted molar refractivity (Wildman–Crippen MR) is 121 cm³/mol. The molecule has 9 heteroatoms. The van der Waals surface area contributed by atoms with Crippen molar-refractivity contribution in [1.82, 2.24) is 15.0 Å². The van der Waals surface area contributed by atoms with Gasteiger partial charge in [0.15, 0.2) is 11.5 Å². The lowest BCUT2D eigenvalue weighted by Gasteiger charge is -2.26. The maximum absolute atomic E-state index is 13.0. The molecule has 0 spiro atoms. The number of amides is 1. The van der Waals surface area contributed by atoms with Crippen molar-refractivity contribution in [3.05, 3.63) is 52.9 Å². The number of hydrogen-bond acceptors (Lipinski definition) is 7. The van der Waals surface area contributed by atoms with Crippen LogP contribution >= 0.6 is 11.6 Å². The standard InChI is InChI=1S/C23H26ClN3O5/c1-14(2)27(23(28)16-8-6-7-9-17(16)24)11-10-20-25-22(26-32-20)15-12-18(29-3)21(31-5)19(13-15)30-4/h6-9,12-14H,10-11H2,1-5H3. The number of benzene rings is 2. The number of hydrogen-bond donors (Lipinski definition) is 0. The Bertz CT molecular complexity index is 1060. The van der Waals surface area contributed by atoms with Gasteiger partial charge in [-0.2, -0.15) is 4.98 Å². The number of carbonyl (C=O) groups excluding carboxylic acids is 1. The van der Waals surface area contributed by atoms with Gasteiger partial charge in [-0.05, 0) is 38.1 Å². The fourth-order valence-corrected chi connectivity index (χ4v) is 3.50.